The van der Waals surface area contributed by atoms with Gasteiger partial charge in [-0.1, -0.05) is 40.2 Å². The van der Waals surface area contributed by atoms with Crippen molar-refractivity contribution in [2.75, 3.05) is 0 Å². The first-order valence-electron chi connectivity index (χ1n) is 5.41. The second kappa shape index (κ2) is 4.13. The number of phenolic OH excluding ortho intramolecular Hbond substituents is 2. The average molecular weight is 208 g/mol. The van der Waals surface area contributed by atoms with Gasteiger partial charge in [-0.3, -0.25) is 0 Å². The molecule has 1 aromatic rings. The normalized spacial score (nSPS) is 11.7. The van der Waals surface area contributed by atoms with Gasteiger partial charge in [-0.15, -0.1) is 0 Å². The monoisotopic (exact) mass is 208 g/mol. The molecule has 0 heterocycles. The van der Waals surface area contributed by atoms with Gasteiger partial charge in [0.05, 0.1) is 0 Å². The van der Waals surface area contributed by atoms with Crippen LogP contribution in [-0.4, -0.2) is 10.2 Å². The third-order valence-corrected chi connectivity index (χ3v) is 2.50. The highest BCUT2D eigenvalue weighted by Crippen LogP contribution is 2.38. The highest BCUT2D eigenvalue weighted by molar-refractivity contribution is 5.50. The standard InChI is InChI=1S/C13H20O2/c1-5-6-9-7-10(13(2,3)4)12(15)11(14)8-9/h7-8,14-15H,5-6H2,1-4H3. The van der Waals surface area contributed by atoms with Crippen LogP contribution in [0.2, 0.25) is 0 Å². The summed E-state index contributed by atoms with van der Waals surface area (Å²) >= 11 is 0. The van der Waals surface area contributed by atoms with E-state index < -0.39 is 0 Å². The van der Waals surface area contributed by atoms with Gasteiger partial charge in [-0.25, -0.2) is 0 Å². The molecule has 0 aliphatic carbocycles. The van der Waals surface area contributed by atoms with Crippen molar-refractivity contribution in [1.29, 1.82) is 0 Å². The lowest BCUT2D eigenvalue weighted by Gasteiger charge is -2.22. The largest absolute Gasteiger partial charge is 0.504 e. The molecule has 1 rings (SSSR count). The molecule has 0 amide bonds. The van der Waals surface area contributed by atoms with Crippen molar-refractivity contribution in [3.63, 3.8) is 0 Å². The highest BCUT2D eigenvalue weighted by Gasteiger charge is 2.20. The lowest BCUT2D eigenvalue weighted by atomic mass is 9.84. The van der Waals surface area contributed by atoms with E-state index in [2.05, 4.69) is 6.92 Å². The first-order valence-corrected chi connectivity index (χ1v) is 5.41. The number of hydrogen-bond donors (Lipinski definition) is 2. The average Bonchev–Trinajstić information content (AvgIpc) is 2.09. The van der Waals surface area contributed by atoms with Crippen molar-refractivity contribution in [3.8, 4) is 11.5 Å². The minimum atomic E-state index is -0.148. The van der Waals surface area contributed by atoms with E-state index in [4.69, 9.17) is 0 Å². The molecule has 1 aromatic carbocycles. The predicted molar refractivity (Wildman–Crippen MR) is 62.5 cm³/mol. The Balaban J connectivity index is 3.25. The summed E-state index contributed by atoms with van der Waals surface area (Å²) < 4.78 is 0. The fraction of sp³-hybridized carbons (Fsp3) is 0.538. The van der Waals surface area contributed by atoms with Gasteiger partial charge in [0.15, 0.2) is 11.5 Å². The second-order valence-corrected chi connectivity index (χ2v) is 5.01. The zero-order valence-corrected chi connectivity index (χ0v) is 9.96. The van der Waals surface area contributed by atoms with Gasteiger partial charge in [0.2, 0.25) is 0 Å². The minimum absolute atomic E-state index is 0.00845. The SMILES string of the molecule is CCCc1cc(O)c(O)c(C(C)(C)C)c1. The summed E-state index contributed by atoms with van der Waals surface area (Å²) in [5.74, 6) is 0.00762. The topological polar surface area (TPSA) is 40.5 Å². The molecule has 0 bridgehead atoms. The van der Waals surface area contributed by atoms with Gasteiger partial charge in [0.25, 0.3) is 0 Å². The molecular weight excluding hydrogens is 188 g/mol. The van der Waals surface area contributed by atoms with E-state index >= 15 is 0 Å². The number of hydrogen-bond acceptors (Lipinski definition) is 2. The summed E-state index contributed by atoms with van der Waals surface area (Å²) in [5, 5.41) is 19.4. The van der Waals surface area contributed by atoms with E-state index in [0.29, 0.717) is 0 Å². The number of aryl methyl sites for hydroxylation is 1. The Kier molecular flexibility index (Phi) is 3.28. The van der Waals surface area contributed by atoms with Gasteiger partial charge in [-0.05, 0) is 23.5 Å². The van der Waals surface area contributed by atoms with Gasteiger partial charge < -0.3 is 10.2 Å². The van der Waals surface area contributed by atoms with Crippen LogP contribution in [0.3, 0.4) is 0 Å². The third kappa shape index (κ3) is 2.65. The minimum Gasteiger partial charge on any atom is -0.504 e. The van der Waals surface area contributed by atoms with E-state index in [0.717, 1.165) is 24.0 Å². The molecule has 0 radical (unpaired) electrons. The predicted octanol–water partition coefficient (Wildman–Crippen LogP) is 3.35. The number of phenols is 2. The molecule has 2 nitrogen and oxygen atoms in total. The summed E-state index contributed by atoms with van der Waals surface area (Å²) in [5.41, 5.74) is 1.74. The van der Waals surface area contributed by atoms with Gasteiger partial charge in [-0.2, -0.15) is 0 Å². The number of benzene rings is 1. The summed E-state index contributed by atoms with van der Waals surface area (Å²) in [7, 11) is 0. The van der Waals surface area contributed by atoms with Crippen LogP contribution in [0, 0.1) is 0 Å². The van der Waals surface area contributed by atoms with E-state index in [-0.39, 0.29) is 16.9 Å². The zero-order valence-electron chi connectivity index (χ0n) is 9.96. The van der Waals surface area contributed by atoms with Crippen LogP contribution in [0.4, 0.5) is 0 Å². The van der Waals surface area contributed by atoms with Gasteiger partial charge >= 0.3 is 0 Å². The van der Waals surface area contributed by atoms with Crippen LogP contribution in [0.5, 0.6) is 11.5 Å². The lowest BCUT2D eigenvalue weighted by molar-refractivity contribution is 0.388. The lowest BCUT2D eigenvalue weighted by Crippen LogP contribution is -2.11. The third-order valence-electron chi connectivity index (χ3n) is 2.50. The van der Waals surface area contributed by atoms with Crippen molar-refractivity contribution >= 4 is 0 Å². The Morgan fingerprint density at radius 3 is 2.20 bits per heavy atom. The molecular formula is C13H20O2. The van der Waals surface area contributed by atoms with Gasteiger partial charge in [0.1, 0.15) is 0 Å². The molecule has 0 spiro atoms. The smallest absolute Gasteiger partial charge is 0.161 e. The molecule has 84 valence electrons. The first kappa shape index (κ1) is 11.9. The maximum Gasteiger partial charge on any atom is 0.161 e. The number of aromatic hydroxyl groups is 2. The van der Waals surface area contributed by atoms with E-state index in [1.807, 2.05) is 26.8 Å². The Morgan fingerprint density at radius 2 is 1.73 bits per heavy atom. The van der Waals surface area contributed by atoms with Gasteiger partial charge in [0, 0.05) is 5.56 Å². The van der Waals surface area contributed by atoms with Crippen LogP contribution in [0.25, 0.3) is 0 Å². The van der Waals surface area contributed by atoms with Crippen molar-refractivity contribution in [2.24, 2.45) is 0 Å². The molecule has 0 aromatic heterocycles. The van der Waals surface area contributed by atoms with Crippen LogP contribution in [0.1, 0.15) is 45.2 Å². The van der Waals surface area contributed by atoms with Crippen molar-refractivity contribution in [2.45, 2.75) is 46.0 Å². The molecule has 0 fully saturated rings. The summed E-state index contributed by atoms with van der Waals surface area (Å²) in [6, 6.07) is 3.63. The Labute approximate surface area is 91.6 Å². The Hall–Kier alpha value is -1.18. The van der Waals surface area contributed by atoms with E-state index in [1.54, 1.807) is 6.07 Å². The molecule has 2 heteroatoms. The Bertz CT molecular complexity index is 348. The molecule has 0 aliphatic rings. The molecule has 0 aliphatic heterocycles. The second-order valence-electron chi connectivity index (χ2n) is 5.01. The van der Waals surface area contributed by atoms with E-state index in [1.165, 1.54) is 0 Å². The summed E-state index contributed by atoms with van der Waals surface area (Å²) in [4.78, 5) is 0. The molecule has 0 saturated carbocycles. The fourth-order valence-corrected chi connectivity index (χ4v) is 1.68. The quantitative estimate of drug-likeness (QED) is 0.732. The molecule has 0 saturated heterocycles. The molecule has 15 heavy (non-hydrogen) atoms. The first-order chi connectivity index (χ1) is 6.86. The summed E-state index contributed by atoms with van der Waals surface area (Å²) in [6.45, 7) is 8.17. The van der Waals surface area contributed by atoms with E-state index in [9.17, 15) is 10.2 Å². The van der Waals surface area contributed by atoms with Crippen molar-refractivity contribution in [1.82, 2.24) is 0 Å². The number of rotatable bonds is 2. The highest BCUT2D eigenvalue weighted by atomic mass is 16.3. The molecule has 0 unspecified atom stereocenters. The molecule has 0 atom stereocenters. The van der Waals surface area contributed by atoms with Crippen molar-refractivity contribution < 1.29 is 10.2 Å². The molecule has 2 N–H and O–H groups in total. The maximum atomic E-state index is 9.78. The fourth-order valence-electron chi connectivity index (χ4n) is 1.68. The Morgan fingerprint density at radius 1 is 1.13 bits per heavy atom. The van der Waals surface area contributed by atoms with Crippen LogP contribution >= 0.6 is 0 Å². The van der Waals surface area contributed by atoms with Crippen LogP contribution in [-0.2, 0) is 11.8 Å². The van der Waals surface area contributed by atoms with Crippen molar-refractivity contribution in [3.05, 3.63) is 23.3 Å². The van der Waals surface area contributed by atoms with Crippen LogP contribution < -0.4 is 0 Å². The van der Waals surface area contributed by atoms with Crippen LogP contribution in [0.15, 0.2) is 12.1 Å². The zero-order chi connectivity index (χ0) is 11.6. The maximum absolute atomic E-state index is 9.78. The summed E-state index contributed by atoms with van der Waals surface area (Å²) in [6.07, 6.45) is 1.96.